The molecule has 5 atom stereocenters. The number of hydrogen-bond donors (Lipinski definition) is 4. The first-order valence-electron chi connectivity index (χ1n) is 16.5. The molecule has 2 heterocycles. The van der Waals surface area contributed by atoms with E-state index in [2.05, 4.69) is 20.3 Å². The lowest BCUT2D eigenvalue weighted by atomic mass is 9.80. The monoisotopic (exact) mass is 618 g/mol. The van der Waals surface area contributed by atoms with Gasteiger partial charge in [-0.15, -0.1) is 0 Å². The minimum absolute atomic E-state index is 0.0761. The Morgan fingerprint density at radius 2 is 1.78 bits per heavy atom. The van der Waals surface area contributed by atoms with Gasteiger partial charge in [0.25, 0.3) is 5.91 Å². The highest BCUT2D eigenvalue weighted by molar-refractivity contribution is 5.92. The van der Waals surface area contributed by atoms with Crippen LogP contribution in [-0.4, -0.2) is 60.9 Å². The Morgan fingerprint density at radius 1 is 1.07 bits per heavy atom. The van der Waals surface area contributed by atoms with Crippen molar-refractivity contribution in [3.63, 3.8) is 0 Å². The number of carbonyl (C=O) groups excluding carboxylic acids is 3. The number of primary amides is 1. The Balaban J connectivity index is 1.61. The Labute approximate surface area is 266 Å². The second-order valence-corrected chi connectivity index (χ2v) is 13.1. The molecule has 1 saturated carbocycles. The minimum atomic E-state index is -0.986. The molecule has 1 aromatic carbocycles. The molecule has 3 amide bonds. The van der Waals surface area contributed by atoms with Crippen LogP contribution >= 0.6 is 0 Å². The summed E-state index contributed by atoms with van der Waals surface area (Å²) in [5, 5.41) is 14.8. The number of pyridine rings is 1. The molecule has 0 unspecified atom stereocenters. The number of aliphatic hydroxyl groups excluding tert-OH is 1. The number of benzene rings is 1. The first-order chi connectivity index (χ1) is 21.6. The zero-order valence-electron chi connectivity index (χ0n) is 27.1. The lowest BCUT2D eigenvalue weighted by Crippen LogP contribution is -2.54. The van der Waals surface area contributed by atoms with E-state index in [1.54, 1.807) is 29.3 Å². The smallest absolute Gasteiger partial charge is 0.270 e. The number of carbonyl (C=O) groups is 3. The molecular formula is C35H50N6O4. The predicted molar refractivity (Wildman–Crippen MR) is 175 cm³/mol. The second kappa shape index (κ2) is 16.0. The number of nitrogens with one attached hydrogen (secondary N) is 2. The molecule has 0 radical (unpaired) electrons. The fraction of sp³-hybridized carbons (Fsp3) is 0.571. The van der Waals surface area contributed by atoms with Gasteiger partial charge in [0, 0.05) is 12.1 Å². The number of para-hydroxylation sites is 2. The van der Waals surface area contributed by atoms with Crippen molar-refractivity contribution in [3.8, 4) is 0 Å². The van der Waals surface area contributed by atoms with Gasteiger partial charge < -0.3 is 26.0 Å². The van der Waals surface area contributed by atoms with E-state index in [0.29, 0.717) is 24.6 Å². The molecular weight excluding hydrogens is 568 g/mol. The summed E-state index contributed by atoms with van der Waals surface area (Å²) in [5.74, 6) is -1.22. The number of rotatable bonds is 15. The molecule has 10 heteroatoms. The van der Waals surface area contributed by atoms with Crippen molar-refractivity contribution in [2.45, 2.75) is 104 Å². The number of H-pyrrole nitrogens is 1. The number of nitrogens with zero attached hydrogens (tertiary/aromatic N) is 3. The highest BCUT2D eigenvalue weighted by Gasteiger charge is 2.39. The summed E-state index contributed by atoms with van der Waals surface area (Å²) in [4.78, 5) is 54.3. The van der Waals surface area contributed by atoms with Gasteiger partial charge in [-0.3, -0.25) is 19.4 Å². The van der Waals surface area contributed by atoms with Crippen LogP contribution in [0.15, 0.2) is 48.7 Å². The van der Waals surface area contributed by atoms with Gasteiger partial charge in [0.05, 0.1) is 29.7 Å². The number of nitrogens with two attached hydrogens (primary N) is 1. The zero-order valence-corrected chi connectivity index (χ0v) is 27.1. The third kappa shape index (κ3) is 8.90. The summed E-state index contributed by atoms with van der Waals surface area (Å²) in [7, 11) is 0. The molecule has 5 N–H and O–H groups in total. The molecule has 1 aliphatic rings. The van der Waals surface area contributed by atoms with Crippen molar-refractivity contribution in [1.29, 1.82) is 0 Å². The van der Waals surface area contributed by atoms with Crippen molar-refractivity contribution in [2.24, 2.45) is 29.4 Å². The number of aliphatic hydroxyl groups is 1. The van der Waals surface area contributed by atoms with Gasteiger partial charge in [-0.05, 0) is 54.9 Å². The SMILES string of the molecule is CC[C@H](C)[C@@H](C(N)=O)N(Cc1nc2ccccc2[nH]1)C(=O)[C@@H](C[C@H](O)[C@H](CC1CCCCC1)NC(=O)c1ccccn1)C(C)C. The molecule has 10 nitrogen and oxygen atoms in total. The average molecular weight is 619 g/mol. The summed E-state index contributed by atoms with van der Waals surface area (Å²) >= 11 is 0. The van der Waals surface area contributed by atoms with Crippen LogP contribution < -0.4 is 11.1 Å². The Hall–Kier alpha value is -3.79. The molecule has 3 aromatic rings. The Bertz CT molecular complexity index is 1370. The molecule has 0 aliphatic heterocycles. The Kier molecular flexibility index (Phi) is 12.1. The van der Waals surface area contributed by atoms with Crippen LogP contribution in [0.3, 0.4) is 0 Å². The van der Waals surface area contributed by atoms with E-state index in [-0.39, 0.29) is 42.3 Å². The molecule has 0 saturated heterocycles. The molecule has 0 bridgehead atoms. The van der Waals surface area contributed by atoms with E-state index in [9.17, 15) is 19.5 Å². The first kappa shape index (κ1) is 34.1. The molecule has 4 rings (SSSR count). The van der Waals surface area contributed by atoms with Crippen LogP contribution in [0.2, 0.25) is 0 Å². The summed E-state index contributed by atoms with van der Waals surface area (Å²) in [5.41, 5.74) is 7.84. The van der Waals surface area contributed by atoms with Crippen molar-refractivity contribution >= 4 is 28.8 Å². The predicted octanol–water partition coefficient (Wildman–Crippen LogP) is 4.98. The van der Waals surface area contributed by atoms with E-state index in [0.717, 1.165) is 36.7 Å². The maximum absolute atomic E-state index is 14.5. The van der Waals surface area contributed by atoms with Crippen molar-refractivity contribution in [3.05, 3.63) is 60.2 Å². The first-order valence-corrected chi connectivity index (χ1v) is 16.5. The largest absolute Gasteiger partial charge is 0.391 e. The summed E-state index contributed by atoms with van der Waals surface area (Å²) in [6.07, 6.45) is 7.55. The highest BCUT2D eigenvalue weighted by Crippen LogP contribution is 2.31. The summed E-state index contributed by atoms with van der Waals surface area (Å²) in [6.45, 7) is 7.85. The van der Waals surface area contributed by atoms with E-state index in [1.165, 1.54) is 6.42 Å². The van der Waals surface area contributed by atoms with Crippen LogP contribution in [0.25, 0.3) is 11.0 Å². The third-order valence-corrected chi connectivity index (χ3v) is 9.46. The topological polar surface area (TPSA) is 154 Å². The number of imidazole rings is 1. The fourth-order valence-corrected chi connectivity index (χ4v) is 6.65. The maximum atomic E-state index is 14.5. The fourth-order valence-electron chi connectivity index (χ4n) is 6.65. The number of amides is 3. The van der Waals surface area contributed by atoms with E-state index >= 15 is 0 Å². The Morgan fingerprint density at radius 3 is 2.40 bits per heavy atom. The van der Waals surface area contributed by atoms with Gasteiger partial charge in [-0.2, -0.15) is 0 Å². The van der Waals surface area contributed by atoms with Crippen LogP contribution in [0.5, 0.6) is 0 Å². The quantitative estimate of drug-likeness (QED) is 0.188. The number of fused-ring (bicyclic) bond motifs is 1. The number of hydrogen-bond acceptors (Lipinski definition) is 6. The van der Waals surface area contributed by atoms with Crippen molar-refractivity contribution in [1.82, 2.24) is 25.2 Å². The molecule has 1 aliphatic carbocycles. The summed E-state index contributed by atoms with van der Waals surface area (Å²) in [6, 6.07) is 11.4. The van der Waals surface area contributed by atoms with Gasteiger partial charge in [-0.1, -0.05) is 84.4 Å². The lowest BCUT2D eigenvalue weighted by molar-refractivity contribution is -0.147. The molecule has 2 aromatic heterocycles. The minimum Gasteiger partial charge on any atom is -0.391 e. The molecule has 1 fully saturated rings. The van der Waals surface area contributed by atoms with Crippen LogP contribution in [0.4, 0.5) is 0 Å². The van der Waals surface area contributed by atoms with Gasteiger partial charge in [0.15, 0.2) is 0 Å². The van der Waals surface area contributed by atoms with E-state index < -0.39 is 30.0 Å². The van der Waals surface area contributed by atoms with E-state index in [1.807, 2.05) is 52.0 Å². The highest BCUT2D eigenvalue weighted by atomic mass is 16.3. The second-order valence-electron chi connectivity index (χ2n) is 13.1. The lowest BCUT2D eigenvalue weighted by Gasteiger charge is -2.38. The maximum Gasteiger partial charge on any atom is 0.270 e. The van der Waals surface area contributed by atoms with Gasteiger partial charge >= 0.3 is 0 Å². The van der Waals surface area contributed by atoms with Gasteiger partial charge in [0.1, 0.15) is 17.6 Å². The zero-order chi connectivity index (χ0) is 32.5. The normalized spacial score (nSPS) is 17.4. The molecule has 0 spiro atoms. The number of aromatic nitrogens is 3. The van der Waals surface area contributed by atoms with Crippen LogP contribution in [0.1, 0.15) is 95.4 Å². The number of aromatic amines is 1. The van der Waals surface area contributed by atoms with E-state index in [4.69, 9.17) is 5.73 Å². The molecule has 45 heavy (non-hydrogen) atoms. The van der Waals surface area contributed by atoms with Crippen LogP contribution in [-0.2, 0) is 16.1 Å². The van der Waals surface area contributed by atoms with Gasteiger partial charge in [-0.25, -0.2) is 4.98 Å². The standard InChI is InChI=1S/C35H50N6O4/c1-5-23(4)32(33(36)43)41(21-31-38-26-15-9-10-16-27(26)39-31)35(45)25(22(2)3)20-30(42)29(19-24-13-7-6-8-14-24)40-34(44)28-17-11-12-18-37-28/h9-12,15-18,22-25,29-30,32,42H,5-8,13-14,19-21H2,1-4H3,(H2,36,43)(H,38,39)(H,40,44)/t23-,25-,29-,30-,32-/m0/s1. The van der Waals surface area contributed by atoms with Crippen molar-refractivity contribution < 1.29 is 19.5 Å². The molecule has 244 valence electrons. The summed E-state index contributed by atoms with van der Waals surface area (Å²) < 4.78 is 0. The van der Waals surface area contributed by atoms with Gasteiger partial charge in [0.2, 0.25) is 11.8 Å². The van der Waals surface area contributed by atoms with Crippen molar-refractivity contribution in [2.75, 3.05) is 0 Å². The van der Waals surface area contributed by atoms with Crippen LogP contribution in [0, 0.1) is 23.7 Å². The average Bonchev–Trinajstić information content (AvgIpc) is 3.45. The third-order valence-electron chi connectivity index (χ3n) is 9.46.